The minimum atomic E-state index is -0.0120. The number of nitrogens with zero attached hydrogens (tertiary/aromatic N) is 3. The van der Waals surface area contributed by atoms with Crippen LogP contribution in [-0.4, -0.2) is 33.0 Å². The number of benzene rings is 2. The highest BCUT2D eigenvalue weighted by Crippen LogP contribution is 2.39. The molecule has 2 aromatic heterocycles. The highest BCUT2D eigenvalue weighted by Gasteiger charge is 2.20. The number of nitrogens with one attached hydrogen (secondary N) is 1. The quantitative estimate of drug-likeness (QED) is 0.239. The maximum Gasteiger partial charge on any atom is 0.230 e. The van der Waals surface area contributed by atoms with Crippen molar-refractivity contribution >= 4 is 29.0 Å². The number of allylic oxidation sites excluding steroid dienone is 1. The summed E-state index contributed by atoms with van der Waals surface area (Å²) >= 11 is 3.10. The van der Waals surface area contributed by atoms with Crippen LogP contribution in [0.1, 0.15) is 10.4 Å². The van der Waals surface area contributed by atoms with Gasteiger partial charge in [0.2, 0.25) is 5.91 Å². The molecule has 0 atom stereocenters. The molecule has 5 nitrogen and oxygen atoms in total. The van der Waals surface area contributed by atoms with E-state index < -0.39 is 0 Å². The van der Waals surface area contributed by atoms with Gasteiger partial charge in [0, 0.05) is 34.5 Å². The number of hydrogen-bond donors (Lipinski definition) is 1. The van der Waals surface area contributed by atoms with E-state index in [1.165, 1.54) is 27.8 Å². The van der Waals surface area contributed by atoms with Gasteiger partial charge in [-0.15, -0.1) is 28.1 Å². The van der Waals surface area contributed by atoms with Gasteiger partial charge < -0.3 is 5.32 Å². The maximum absolute atomic E-state index is 12.4. The van der Waals surface area contributed by atoms with Gasteiger partial charge >= 0.3 is 0 Å². The number of amides is 1. The van der Waals surface area contributed by atoms with Crippen molar-refractivity contribution in [2.45, 2.75) is 25.0 Å². The largest absolute Gasteiger partial charge is 0.355 e. The molecule has 0 bridgehead atoms. The Labute approximate surface area is 202 Å². The Morgan fingerprint density at radius 1 is 1.12 bits per heavy atom. The topological polar surface area (TPSA) is 59.8 Å². The molecule has 0 aliphatic carbocycles. The molecule has 0 radical (unpaired) electrons. The zero-order chi connectivity index (χ0) is 23.0. The Hall–Kier alpha value is -3.16. The van der Waals surface area contributed by atoms with Crippen LogP contribution in [0.15, 0.2) is 83.9 Å². The lowest BCUT2D eigenvalue weighted by atomic mass is 10.0. The molecule has 1 amide bonds. The highest BCUT2D eigenvalue weighted by atomic mass is 32.2. The van der Waals surface area contributed by atoms with Crippen LogP contribution < -0.4 is 5.32 Å². The van der Waals surface area contributed by atoms with Crippen LogP contribution in [0.4, 0.5) is 0 Å². The number of thioether (sulfide) groups is 1. The van der Waals surface area contributed by atoms with Crippen LogP contribution in [-0.2, 0) is 17.8 Å². The summed E-state index contributed by atoms with van der Waals surface area (Å²) in [6, 6.07) is 20.5. The molecule has 0 fully saturated rings. The predicted octanol–water partition coefficient (Wildman–Crippen LogP) is 5.62. The number of rotatable bonds is 10. The summed E-state index contributed by atoms with van der Waals surface area (Å²) in [5.74, 6) is 1.07. The van der Waals surface area contributed by atoms with E-state index in [2.05, 4.69) is 58.7 Å². The molecule has 7 heteroatoms. The van der Waals surface area contributed by atoms with Gasteiger partial charge in [0.05, 0.1) is 5.75 Å². The molecule has 1 N–H and O–H groups in total. The lowest BCUT2D eigenvalue weighted by Crippen LogP contribution is -2.27. The number of carbonyl (C=O) groups excluding carboxylic acids is 1. The van der Waals surface area contributed by atoms with Gasteiger partial charge in [0.25, 0.3) is 0 Å². The number of hydrogen-bond acceptors (Lipinski definition) is 5. The van der Waals surface area contributed by atoms with Crippen molar-refractivity contribution in [1.29, 1.82) is 0 Å². The summed E-state index contributed by atoms with van der Waals surface area (Å²) in [4.78, 5) is 13.6. The lowest BCUT2D eigenvalue weighted by molar-refractivity contribution is -0.118. The highest BCUT2D eigenvalue weighted by molar-refractivity contribution is 7.99. The van der Waals surface area contributed by atoms with Gasteiger partial charge in [0.1, 0.15) is 0 Å². The van der Waals surface area contributed by atoms with Crippen LogP contribution in [0.25, 0.3) is 22.5 Å². The fraction of sp³-hybridized carbons (Fsp3) is 0.192. The molecule has 2 aromatic carbocycles. The Morgan fingerprint density at radius 3 is 2.58 bits per heavy atom. The number of aromatic nitrogens is 3. The lowest BCUT2D eigenvalue weighted by Gasteiger charge is -2.10. The van der Waals surface area contributed by atoms with Crippen LogP contribution in [0.3, 0.4) is 0 Å². The monoisotopic (exact) mass is 474 g/mol. The van der Waals surface area contributed by atoms with Crippen LogP contribution in [0.2, 0.25) is 0 Å². The molecular formula is C26H26N4OS2. The molecular weight excluding hydrogens is 448 g/mol. The second kappa shape index (κ2) is 11.1. The second-order valence-electron chi connectivity index (χ2n) is 7.53. The number of carbonyl (C=O) groups is 1. The van der Waals surface area contributed by atoms with Crippen molar-refractivity contribution in [2.24, 2.45) is 0 Å². The summed E-state index contributed by atoms with van der Waals surface area (Å²) in [6.45, 7) is 7.21. The van der Waals surface area contributed by atoms with Gasteiger partial charge in [-0.25, -0.2) is 0 Å². The van der Waals surface area contributed by atoms with Crippen molar-refractivity contribution in [3.63, 3.8) is 0 Å². The molecule has 4 rings (SSSR count). The summed E-state index contributed by atoms with van der Waals surface area (Å²) in [7, 11) is 0. The summed E-state index contributed by atoms with van der Waals surface area (Å²) in [6.07, 6.45) is 2.64. The predicted molar refractivity (Wildman–Crippen MR) is 138 cm³/mol. The molecule has 2 heterocycles. The van der Waals surface area contributed by atoms with E-state index in [0.717, 1.165) is 23.4 Å². The Balaban J connectivity index is 1.47. The van der Waals surface area contributed by atoms with E-state index in [0.29, 0.717) is 18.2 Å². The maximum atomic E-state index is 12.4. The average molecular weight is 475 g/mol. The average Bonchev–Trinajstić information content (AvgIpc) is 3.42. The Kier molecular flexibility index (Phi) is 7.75. The first kappa shape index (κ1) is 23.0. The van der Waals surface area contributed by atoms with Gasteiger partial charge in [-0.05, 0) is 24.5 Å². The van der Waals surface area contributed by atoms with E-state index in [-0.39, 0.29) is 11.7 Å². The number of thiophene rings is 1. The smallest absolute Gasteiger partial charge is 0.230 e. The van der Waals surface area contributed by atoms with Crippen molar-refractivity contribution in [1.82, 2.24) is 20.1 Å². The van der Waals surface area contributed by atoms with Crippen LogP contribution in [0.5, 0.6) is 0 Å². The minimum absolute atomic E-state index is 0.0120. The van der Waals surface area contributed by atoms with E-state index in [9.17, 15) is 4.79 Å². The molecule has 4 aromatic rings. The zero-order valence-corrected chi connectivity index (χ0v) is 20.2. The molecule has 0 spiro atoms. The van der Waals surface area contributed by atoms with E-state index in [1.54, 1.807) is 11.3 Å². The Morgan fingerprint density at radius 2 is 1.85 bits per heavy atom. The van der Waals surface area contributed by atoms with Gasteiger partial charge in [-0.3, -0.25) is 9.36 Å². The third kappa shape index (κ3) is 5.61. The van der Waals surface area contributed by atoms with E-state index in [4.69, 9.17) is 0 Å². The molecule has 0 saturated heterocycles. The number of aryl methyl sites for hydroxylation is 1. The molecule has 168 valence electrons. The Bertz CT molecular complexity index is 1220. The van der Waals surface area contributed by atoms with Gasteiger partial charge in [0.15, 0.2) is 11.0 Å². The van der Waals surface area contributed by atoms with Crippen molar-refractivity contribution in [3.05, 3.63) is 89.1 Å². The van der Waals surface area contributed by atoms with Crippen LogP contribution >= 0.6 is 23.1 Å². The zero-order valence-electron chi connectivity index (χ0n) is 18.5. The van der Waals surface area contributed by atoms with Gasteiger partial charge in [-0.2, -0.15) is 0 Å². The summed E-state index contributed by atoms with van der Waals surface area (Å²) in [5, 5.41) is 14.7. The van der Waals surface area contributed by atoms with Crippen molar-refractivity contribution < 1.29 is 4.79 Å². The third-order valence-corrected chi connectivity index (χ3v) is 7.10. The molecule has 0 unspecified atom stereocenters. The summed E-state index contributed by atoms with van der Waals surface area (Å²) < 4.78 is 2.03. The first-order valence-corrected chi connectivity index (χ1v) is 12.6. The molecule has 33 heavy (non-hydrogen) atoms. The standard InChI is InChI=1S/C26H26N4OS2/c1-3-16-30-25(22-17-32-19(2)24(22)21-12-8-5-9-13-21)28-29-26(30)33-18-23(31)27-15-14-20-10-6-4-7-11-20/h3-13,17H,1,14-16,18H2,2H3,(H,27,31). The normalized spacial score (nSPS) is 10.8. The first-order valence-electron chi connectivity index (χ1n) is 10.8. The fourth-order valence-electron chi connectivity index (χ4n) is 3.64. The SMILES string of the molecule is C=CCn1c(SCC(=O)NCCc2ccccc2)nnc1-c1csc(C)c1-c1ccccc1. The van der Waals surface area contributed by atoms with E-state index in [1.807, 2.05) is 47.0 Å². The fourth-order valence-corrected chi connectivity index (χ4v) is 5.28. The molecule has 0 aliphatic heterocycles. The van der Waals surface area contributed by atoms with Crippen molar-refractivity contribution in [2.75, 3.05) is 12.3 Å². The van der Waals surface area contributed by atoms with Crippen molar-refractivity contribution in [3.8, 4) is 22.5 Å². The van der Waals surface area contributed by atoms with Crippen LogP contribution in [0, 0.1) is 6.92 Å². The summed E-state index contributed by atoms with van der Waals surface area (Å²) in [5.41, 5.74) is 4.60. The molecule has 0 aliphatic rings. The first-order chi connectivity index (χ1) is 16.2. The minimum Gasteiger partial charge on any atom is -0.355 e. The second-order valence-corrected chi connectivity index (χ2v) is 9.55. The van der Waals surface area contributed by atoms with E-state index >= 15 is 0 Å². The van der Waals surface area contributed by atoms with Gasteiger partial charge in [-0.1, -0.05) is 78.5 Å². The molecule has 0 saturated carbocycles. The third-order valence-electron chi connectivity index (χ3n) is 5.22.